The van der Waals surface area contributed by atoms with Crippen LogP contribution in [0.5, 0.6) is 0 Å². The second-order valence-corrected chi connectivity index (χ2v) is 8.16. The molecule has 6 nitrogen and oxygen atoms in total. The molecule has 1 aromatic rings. The number of morpholine rings is 1. The van der Waals surface area contributed by atoms with Crippen LogP contribution in [-0.4, -0.2) is 61.3 Å². The first-order valence-corrected chi connectivity index (χ1v) is 9.81. The smallest absolute Gasteiger partial charge is 0.194 e. The van der Waals surface area contributed by atoms with Crippen LogP contribution in [0.3, 0.4) is 0 Å². The van der Waals surface area contributed by atoms with Gasteiger partial charge in [-0.1, -0.05) is 19.9 Å². The molecule has 7 heteroatoms. The molecule has 2 saturated heterocycles. The summed E-state index contributed by atoms with van der Waals surface area (Å²) in [6.45, 7) is 15.1. The van der Waals surface area contributed by atoms with Crippen LogP contribution in [0, 0.1) is 5.41 Å². The summed E-state index contributed by atoms with van der Waals surface area (Å²) < 4.78 is 5.61. The Kier molecular flexibility index (Phi) is 8.15. The summed E-state index contributed by atoms with van der Waals surface area (Å²) >= 11 is 0. The molecule has 0 bridgehead atoms. The number of halogens is 1. The Morgan fingerprint density at radius 1 is 1.37 bits per heavy atom. The second-order valence-electron chi connectivity index (χ2n) is 8.16. The molecule has 1 N–H and O–H groups in total. The van der Waals surface area contributed by atoms with E-state index < -0.39 is 0 Å². The third-order valence-corrected chi connectivity index (χ3v) is 5.10. The average Bonchev–Trinajstić information content (AvgIpc) is 2.99. The molecule has 0 saturated carbocycles. The van der Waals surface area contributed by atoms with Crippen molar-refractivity contribution in [2.24, 2.45) is 10.4 Å². The lowest BCUT2D eigenvalue weighted by atomic mass is 9.93. The van der Waals surface area contributed by atoms with Crippen molar-refractivity contribution in [1.29, 1.82) is 0 Å². The van der Waals surface area contributed by atoms with Gasteiger partial charge in [-0.2, -0.15) is 0 Å². The number of rotatable bonds is 4. The third-order valence-electron chi connectivity index (χ3n) is 5.10. The summed E-state index contributed by atoms with van der Waals surface area (Å²) in [5, 5.41) is 3.43. The molecular formula is C20H34IN5O. The fraction of sp³-hybridized carbons (Fsp3) is 0.700. The Labute approximate surface area is 180 Å². The number of ether oxygens (including phenoxy) is 1. The van der Waals surface area contributed by atoms with Crippen molar-refractivity contribution >= 4 is 35.8 Å². The van der Waals surface area contributed by atoms with Crippen molar-refractivity contribution in [1.82, 2.24) is 15.2 Å². The van der Waals surface area contributed by atoms with E-state index in [9.17, 15) is 0 Å². The molecule has 0 amide bonds. The molecule has 0 spiro atoms. The lowest BCUT2D eigenvalue weighted by Crippen LogP contribution is -2.41. The molecule has 2 fully saturated rings. The van der Waals surface area contributed by atoms with Crippen LogP contribution in [-0.2, 0) is 11.3 Å². The van der Waals surface area contributed by atoms with Crippen LogP contribution in [0.2, 0.25) is 0 Å². The molecule has 1 unspecified atom stereocenters. The van der Waals surface area contributed by atoms with Gasteiger partial charge in [0.05, 0.1) is 19.3 Å². The number of hydrogen-bond donors (Lipinski definition) is 1. The number of pyridine rings is 1. The Balaban J connectivity index is 0.00000261. The van der Waals surface area contributed by atoms with Gasteiger partial charge in [0.1, 0.15) is 5.82 Å². The zero-order chi connectivity index (χ0) is 18.6. The van der Waals surface area contributed by atoms with E-state index in [1.54, 1.807) is 0 Å². The molecule has 1 atom stereocenters. The summed E-state index contributed by atoms with van der Waals surface area (Å²) in [5.74, 6) is 2.05. The Bertz CT molecular complexity index is 619. The molecule has 0 radical (unpaired) electrons. The van der Waals surface area contributed by atoms with Crippen LogP contribution in [0.15, 0.2) is 23.3 Å². The van der Waals surface area contributed by atoms with Gasteiger partial charge in [-0.25, -0.2) is 9.98 Å². The van der Waals surface area contributed by atoms with Gasteiger partial charge in [0.2, 0.25) is 0 Å². The van der Waals surface area contributed by atoms with Crippen LogP contribution in [0.1, 0.15) is 39.7 Å². The maximum Gasteiger partial charge on any atom is 0.194 e. The quantitative estimate of drug-likeness (QED) is 0.402. The Morgan fingerprint density at radius 3 is 2.78 bits per heavy atom. The summed E-state index contributed by atoms with van der Waals surface area (Å²) in [5.41, 5.74) is 1.51. The number of aromatic nitrogens is 1. The van der Waals surface area contributed by atoms with Crippen molar-refractivity contribution in [3.8, 4) is 0 Å². The summed E-state index contributed by atoms with van der Waals surface area (Å²) in [6.07, 6.45) is 3.43. The SMILES string of the molecule is CCNC(=NCc1ccc(N2CCOC(C)C2)nc1)N1CCC(C)(C)C1.I. The lowest BCUT2D eigenvalue weighted by Gasteiger charge is -2.32. The summed E-state index contributed by atoms with van der Waals surface area (Å²) in [6, 6.07) is 4.25. The van der Waals surface area contributed by atoms with Gasteiger partial charge in [0.25, 0.3) is 0 Å². The Morgan fingerprint density at radius 2 is 2.19 bits per heavy atom. The topological polar surface area (TPSA) is 53.0 Å². The molecule has 1 aromatic heterocycles. The van der Waals surface area contributed by atoms with E-state index in [2.05, 4.69) is 59.9 Å². The second kappa shape index (κ2) is 9.91. The van der Waals surface area contributed by atoms with Gasteiger partial charge in [0, 0.05) is 38.9 Å². The van der Waals surface area contributed by atoms with Gasteiger partial charge in [-0.3, -0.25) is 0 Å². The fourth-order valence-electron chi connectivity index (χ4n) is 3.61. The summed E-state index contributed by atoms with van der Waals surface area (Å²) in [7, 11) is 0. The zero-order valence-corrected chi connectivity index (χ0v) is 19.4. The highest BCUT2D eigenvalue weighted by atomic mass is 127. The number of anilines is 1. The highest BCUT2D eigenvalue weighted by Gasteiger charge is 2.30. The lowest BCUT2D eigenvalue weighted by molar-refractivity contribution is 0.0529. The maximum atomic E-state index is 5.61. The number of likely N-dealkylation sites (tertiary alicyclic amines) is 1. The monoisotopic (exact) mass is 487 g/mol. The van der Waals surface area contributed by atoms with E-state index in [1.165, 1.54) is 6.42 Å². The minimum absolute atomic E-state index is 0. The number of nitrogens with one attached hydrogen (secondary N) is 1. The molecule has 0 aromatic carbocycles. The number of nitrogens with zero attached hydrogens (tertiary/aromatic N) is 4. The first-order chi connectivity index (χ1) is 12.5. The minimum Gasteiger partial charge on any atom is -0.375 e. The van der Waals surface area contributed by atoms with E-state index in [4.69, 9.17) is 9.73 Å². The molecule has 3 rings (SSSR count). The van der Waals surface area contributed by atoms with E-state index in [-0.39, 0.29) is 30.1 Å². The molecular weight excluding hydrogens is 453 g/mol. The molecule has 152 valence electrons. The zero-order valence-electron chi connectivity index (χ0n) is 17.1. The van der Waals surface area contributed by atoms with Gasteiger partial charge in [-0.05, 0) is 37.3 Å². The highest BCUT2D eigenvalue weighted by Crippen LogP contribution is 2.28. The highest BCUT2D eigenvalue weighted by molar-refractivity contribution is 14.0. The van der Waals surface area contributed by atoms with Gasteiger partial charge in [-0.15, -0.1) is 24.0 Å². The number of guanidine groups is 1. The van der Waals surface area contributed by atoms with Gasteiger partial charge >= 0.3 is 0 Å². The first kappa shape index (κ1) is 22.2. The summed E-state index contributed by atoms with van der Waals surface area (Å²) in [4.78, 5) is 14.2. The van der Waals surface area contributed by atoms with Crippen molar-refractivity contribution in [3.05, 3.63) is 23.9 Å². The maximum absolute atomic E-state index is 5.61. The van der Waals surface area contributed by atoms with E-state index >= 15 is 0 Å². The van der Waals surface area contributed by atoms with Crippen molar-refractivity contribution < 1.29 is 4.74 Å². The normalized spacial score (nSPS) is 22.5. The Hall–Kier alpha value is -1.09. The van der Waals surface area contributed by atoms with Crippen LogP contribution < -0.4 is 10.2 Å². The van der Waals surface area contributed by atoms with Crippen LogP contribution in [0.4, 0.5) is 5.82 Å². The minimum atomic E-state index is 0. The van der Waals surface area contributed by atoms with Crippen LogP contribution in [0.25, 0.3) is 0 Å². The predicted molar refractivity (Wildman–Crippen MR) is 122 cm³/mol. The number of aliphatic imine (C=N–C) groups is 1. The molecule has 2 aliphatic rings. The van der Waals surface area contributed by atoms with Crippen molar-refractivity contribution in [2.45, 2.75) is 46.8 Å². The fourth-order valence-corrected chi connectivity index (χ4v) is 3.61. The standard InChI is InChI=1S/C20H33N5O.HI/c1-5-21-19(25-9-8-20(3,4)15-25)23-13-17-6-7-18(22-12-17)24-10-11-26-16(2)14-24;/h6-7,12,16H,5,8-11,13-15H2,1-4H3,(H,21,23);1H. The van der Waals surface area contributed by atoms with E-state index in [0.717, 1.165) is 56.7 Å². The largest absolute Gasteiger partial charge is 0.375 e. The van der Waals surface area contributed by atoms with E-state index in [0.29, 0.717) is 12.0 Å². The van der Waals surface area contributed by atoms with Crippen LogP contribution >= 0.6 is 24.0 Å². The molecule has 27 heavy (non-hydrogen) atoms. The first-order valence-electron chi connectivity index (χ1n) is 9.81. The van der Waals surface area contributed by atoms with Gasteiger partial charge in [0.15, 0.2) is 5.96 Å². The average molecular weight is 487 g/mol. The van der Waals surface area contributed by atoms with E-state index in [1.807, 2.05) is 6.20 Å². The molecule has 0 aliphatic carbocycles. The third kappa shape index (κ3) is 6.20. The number of hydrogen-bond acceptors (Lipinski definition) is 4. The van der Waals surface area contributed by atoms with Crippen molar-refractivity contribution in [2.75, 3.05) is 44.2 Å². The van der Waals surface area contributed by atoms with Crippen molar-refractivity contribution in [3.63, 3.8) is 0 Å². The molecule has 2 aliphatic heterocycles. The van der Waals surface area contributed by atoms with Gasteiger partial charge < -0.3 is 19.9 Å². The predicted octanol–water partition coefficient (Wildman–Crippen LogP) is 3.12. The molecule has 3 heterocycles.